The molecule has 126 valence electrons. The van der Waals surface area contributed by atoms with Gasteiger partial charge in [-0.1, -0.05) is 36.7 Å². The summed E-state index contributed by atoms with van der Waals surface area (Å²) in [6, 6.07) is 13.8. The van der Waals surface area contributed by atoms with Crippen LogP contribution in [0.2, 0.25) is 5.02 Å². The van der Waals surface area contributed by atoms with E-state index in [-0.39, 0.29) is 0 Å². The Labute approximate surface area is 145 Å². The van der Waals surface area contributed by atoms with Gasteiger partial charge in [0, 0.05) is 10.6 Å². The van der Waals surface area contributed by atoms with E-state index >= 15 is 0 Å². The highest BCUT2D eigenvalue weighted by Crippen LogP contribution is 2.18. The Morgan fingerprint density at radius 2 is 1.75 bits per heavy atom. The number of hydrogen-bond donors (Lipinski definition) is 2. The van der Waals surface area contributed by atoms with Crippen molar-refractivity contribution in [3.8, 4) is 5.75 Å². The smallest absolute Gasteiger partial charge is 0.279 e. The second-order valence-electron chi connectivity index (χ2n) is 5.23. The van der Waals surface area contributed by atoms with E-state index in [2.05, 4.69) is 10.9 Å². The molecule has 1 unspecified atom stereocenters. The minimum atomic E-state index is -0.698. The average molecular weight is 347 g/mol. The van der Waals surface area contributed by atoms with E-state index in [4.69, 9.17) is 16.3 Å². The monoisotopic (exact) mass is 346 g/mol. The molecule has 2 aromatic carbocycles. The van der Waals surface area contributed by atoms with Crippen LogP contribution in [0.25, 0.3) is 0 Å². The van der Waals surface area contributed by atoms with Crippen LogP contribution >= 0.6 is 11.6 Å². The molecule has 0 radical (unpaired) electrons. The molecular formula is C18H19ClN2O3. The van der Waals surface area contributed by atoms with Crippen molar-refractivity contribution in [2.75, 3.05) is 0 Å². The molecule has 0 saturated carbocycles. The van der Waals surface area contributed by atoms with Crippen molar-refractivity contribution >= 4 is 23.4 Å². The largest absolute Gasteiger partial charge is 0.480 e. The van der Waals surface area contributed by atoms with E-state index in [1.165, 1.54) is 0 Å². The van der Waals surface area contributed by atoms with Crippen molar-refractivity contribution in [2.24, 2.45) is 0 Å². The van der Waals surface area contributed by atoms with Gasteiger partial charge in [-0.25, -0.2) is 0 Å². The molecule has 0 bridgehead atoms. The Morgan fingerprint density at radius 3 is 2.38 bits per heavy atom. The fourth-order valence-electron chi connectivity index (χ4n) is 2.04. The number of ether oxygens (including phenoxy) is 1. The molecule has 0 fully saturated rings. The first-order valence-corrected chi connectivity index (χ1v) is 7.97. The number of nitrogens with one attached hydrogen (secondary N) is 2. The third kappa shape index (κ3) is 4.73. The zero-order valence-electron chi connectivity index (χ0n) is 13.5. The Hall–Kier alpha value is -2.53. The Morgan fingerprint density at radius 1 is 1.08 bits per heavy atom. The average Bonchev–Trinajstić information content (AvgIpc) is 2.59. The molecule has 24 heavy (non-hydrogen) atoms. The predicted molar refractivity (Wildman–Crippen MR) is 92.9 cm³/mol. The Bertz CT molecular complexity index is 716. The van der Waals surface area contributed by atoms with Gasteiger partial charge in [0.05, 0.1) is 0 Å². The lowest BCUT2D eigenvalue weighted by Gasteiger charge is -2.18. The number of benzene rings is 2. The number of carbonyl (C=O) groups excluding carboxylic acids is 2. The van der Waals surface area contributed by atoms with Crippen molar-refractivity contribution in [2.45, 2.75) is 26.4 Å². The van der Waals surface area contributed by atoms with Crippen LogP contribution in [-0.2, 0) is 4.79 Å². The van der Waals surface area contributed by atoms with E-state index in [1.54, 1.807) is 30.3 Å². The summed E-state index contributed by atoms with van der Waals surface area (Å²) in [5.74, 6) is -0.197. The van der Waals surface area contributed by atoms with Gasteiger partial charge >= 0.3 is 0 Å². The molecule has 2 N–H and O–H groups in total. The number of carbonyl (C=O) groups is 2. The molecular weight excluding hydrogens is 328 g/mol. The van der Waals surface area contributed by atoms with Gasteiger partial charge in [-0.15, -0.1) is 0 Å². The highest BCUT2D eigenvalue weighted by molar-refractivity contribution is 6.30. The fourth-order valence-corrected chi connectivity index (χ4v) is 2.16. The summed E-state index contributed by atoms with van der Waals surface area (Å²) < 4.78 is 5.73. The molecule has 0 saturated heterocycles. The summed E-state index contributed by atoms with van der Waals surface area (Å²) in [7, 11) is 0. The number of hydrogen-bond acceptors (Lipinski definition) is 3. The number of hydrazine groups is 1. The van der Waals surface area contributed by atoms with Crippen LogP contribution in [0.15, 0.2) is 48.5 Å². The van der Waals surface area contributed by atoms with Gasteiger partial charge in [-0.3, -0.25) is 20.4 Å². The molecule has 0 aromatic heterocycles. The molecule has 1 atom stereocenters. The van der Waals surface area contributed by atoms with E-state index in [0.29, 0.717) is 22.8 Å². The minimum absolute atomic E-state index is 0.396. The van der Waals surface area contributed by atoms with Gasteiger partial charge in [0.25, 0.3) is 11.8 Å². The maximum Gasteiger partial charge on any atom is 0.279 e. The van der Waals surface area contributed by atoms with Crippen molar-refractivity contribution in [1.29, 1.82) is 0 Å². The van der Waals surface area contributed by atoms with E-state index in [9.17, 15) is 9.59 Å². The normalized spacial score (nSPS) is 11.5. The van der Waals surface area contributed by atoms with E-state index < -0.39 is 17.9 Å². The first-order chi connectivity index (χ1) is 11.5. The number of aryl methyl sites for hydroxylation is 1. The SMILES string of the molecule is CCC(Oc1ccccc1C)C(=O)NNC(=O)c1ccc(Cl)cc1. The Balaban J connectivity index is 1.93. The molecule has 0 spiro atoms. The predicted octanol–water partition coefficient (Wildman–Crippen LogP) is 3.27. The zero-order valence-corrected chi connectivity index (χ0v) is 14.3. The lowest BCUT2D eigenvalue weighted by Crippen LogP contribution is -2.48. The summed E-state index contributed by atoms with van der Waals surface area (Å²) in [5.41, 5.74) is 6.10. The molecule has 6 heteroatoms. The highest BCUT2D eigenvalue weighted by Gasteiger charge is 2.19. The van der Waals surface area contributed by atoms with Gasteiger partial charge in [0.15, 0.2) is 6.10 Å². The molecule has 0 aliphatic carbocycles. The summed E-state index contributed by atoms with van der Waals surface area (Å²) >= 11 is 5.78. The van der Waals surface area contributed by atoms with Gasteiger partial charge in [-0.05, 0) is 49.2 Å². The summed E-state index contributed by atoms with van der Waals surface area (Å²) in [6.07, 6.45) is -0.228. The lowest BCUT2D eigenvalue weighted by atomic mass is 10.2. The number of rotatable bonds is 5. The number of amides is 2. The third-order valence-corrected chi connectivity index (χ3v) is 3.68. The minimum Gasteiger partial charge on any atom is -0.480 e. The molecule has 0 aliphatic heterocycles. The second kappa shape index (κ2) is 8.36. The van der Waals surface area contributed by atoms with Crippen molar-refractivity contribution in [1.82, 2.24) is 10.9 Å². The molecule has 2 aromatic rings. The van der Waals surface area contributed by atoms with Gasteiger partial charge < -0.3 is 4.74 Å². The number of halogens is 1. The topological polar surface area (TPSA) is 67.4 Å². The first kappa shape index (κ1) is 17.8. The summed E-state index contributed by atoms with van der Waals surface area (Å²) in [4.78, 5) is 24.2. The van der Waals surface area contributed by atoms with Gasteiger partial charge in [0.1, 0.15) is 5.75 Å². The number of para-hydroxylation sites is 1. The Kier molecular flexibility index (Phi) is 6.21. The fraction of sp³-hybridized carbons (Fsp3) is 0.222. The van der Waals surface area contributed by atoms with Crippen LogP contribution in [0.3, 0.4) is 0 Å². The van der Waals surface area contributed by atoms with Crippen molar-refractivity contribution < 1.29 is 14.3 Å². The standard InChI is InChI=1S/C18H19ClN2O3/c1-3-15(24-16-7-5-4-6-12(16)2)18(23)21-20-17(22)13-8-10-14(19)11-9-13/h4-11,15H,3H2,1-2H3,(H,20,22)(H,21,23). The van der Waals surface area contributed by atoms with Gasteiger partial charge in [-0.2, -0.15) is 0 Å². The first-order valence-electron chi connectivity index (χ1n) is 7.59. The van der Waals surface area contributed by atoms with Crippen molar-refractivity contribution in [3.63, 3.8) is 0 Å². The zero-order chi connectivity index (χ0) is 17.5. The van der Waals surface area contributed by atoms with E-state index in [1.807, 2.05) is 32.0 Å². The van der Waals surface area contributed by atoms with Crippen molar-refractivity contribution in [3.05, 3.63) is 64.7 Å². The van der Waals surface area contributed by atoms with Crippen LogP contribution in [-0.4, -0.2) is 17.9 Å². The maximum atomic E-state index is 12.2. The summed E-state index contributed by atoms with van der Waals surface area (Å²) in [5, 5.41) is 0.535. The second-order valence-corrected chi connectivity index (χ2v) is 5.67. The molecule has 2 rings (SSSR count). The molecule has 2 amide bonds. The van der Waals surface area contributed by atoms with Crippen LogP contribution in [0.1, 0.15) is 29.3 Å². The quantitative estimate of drug-likeness (QED) is 0.816. The highest BCUT2D eigenvalue weighted by atomic mass is 35.5. The van der Waals surface area contributed by atoms with Crippen LogP contribution in [0.4, 0.5) is 0 Å². The van der Waals surface area contributed by atoms with Crippen LogP contribution in [0.5, 0.6) is 5.75 Å². The van der Waals surface area contributed by atoms with E-state index in [0.717, 1.165) is 5.56 Å². The van der Waals surface area contributed by atoms with Crippen LogP contribution in [0, 0.1) is 6.92 Å². The molecule has 0 aliphatic rings. The molecule has 5 nitrogen and oxygen atoms in total. The summed E-state index contributed by atoms with van der Waals surface area (Å²) in [6.45, 7) is 3.74. The maximum absolute atomic E-state index is 12.2. The van der Waals surface area contributed by atoms with Crippen LogP contribution < -0.4 is 15.6 Å². The van der Waals surface area contributed by atoms with Gasteiger partial charge in [0.2, 0.25) is 0 Å². The lowest BCUT2D eigenvalue weighted by molar-refractivity contribution is -0.128. The third-order valence-electron chi connectivity index (χ3n) is 3.43. The molecule has 0 heterocycles.